The Morgan fingerprint density at radius 1 is 1.26 bits per heavy atom. The van der Waals surface area contributed by atoms with Crippen molar-refractivity contribution in [3.8, 4) is 11.5 Å². The number of amides is 1. The molecule has 0 radical (unpaired) electrons. The summed E-state index contributed by atoms with van der Waals surface area (Å²) >= 11 is 0. The van der Waals surface area contributed by atoms with Crippen LogP contribution in [0.15, 0.2) is 18.2 Å². The molecule has 5 heteroatoms. The predicted molar refractivity (Wildman–Crippen MR) is 72.7 cm³/mol. The van der Waals surface area contributed by atoms with Gasteiger partial charge in [-0.3, -0.25) is 4.79 Å². The first kappa shape index (κ1) is 13.7. The molecule has 1 amide bonds. The van der Waals surface area contributed by atoms with E-state index in [1.165, 1.54) is 0 Å². The van der Waals surface area contributed by atoms with Gasteiger partial charge in [-0.05, 0) is 25.0 Å². The fourth-order valence-electron chi connectivity index (χ4n) is 2.25. The summed E-state index contributed by atoms with van der Waals surface area (Å²) < 4.78 is 10.4. The lowest BCUT2D eigenvalue weighted by Crippen LogP contribution is -2.42. The minimum atomic E-state index is -0.00796. The third-order valence-corrected chi connectivity index (χ3v) is 3.47. The molecule has 0 aromatic heterocycles. The number of likely N-dealkylation sites (tertiary alicyclic amines) is 1. The van der Waals surface area contributed by atoms with E-state index in [0.717, 1.165) is 12.8 Å². The summed E-state index contributed by atoms with van der Waals surface area (Å²) in [6.07, 6.45) is 1.70. The lowest BCUT2D eigenvalue weighted by atomic mass is 10.0. The van der Waals surface area contributed by atoms with Gasteiger partial charge in [0.2, 0.25) is 0 Å². The molecule has 0 saturated carbocycles. The average Bonchev–Trinajstić information content (AvgIpc) is 2.46. The Morgan fingerprint density at radius 3 is 2.53 bits per heavy atom. The van der Waals surface area contributed by atoms with Crippen molar-refractivity contribution in [1.82, 2.24) is 4.90 Å². The van der Waals surface area contributed by atoms with Crippen LogP contribution in [0.25, 0.3) is 0 Å². The molecule has 2 rings (SSSR count). The van der Waals surface area contributed by atoms with Crippen LogP contribution < -0.4 is 15.2 Å². The van der Waals surface area contributed by atoms with E-state index in [4.69, 9.17) is 15.2 Å². The standard InChI is InChI=1S/C14H20N2O3/c1-18-11-3-4-12(13(9-11)19-2)14(17)16-7-5-10(15)6-8-16/h3-4,9-10H,5-8,15H2,1-2H3. The molecule has 1 heterocycles. The zero-order valence-electron chi connectivity index (χ0n) is 11.4. The van der Waals surface area contributed by atoms with Gasteiger partial charge in [0.05, 0.1) is 19.8 Å². The van der Waals surface area contributed by atoms with Gasteiger partial charge in [-0.25, -0.2) is 0 Å². The molecule has 19 heavy (non-hydrogen) atoms. The van der Waals surface area contributed by atoms with Crippen LogP contribution in [0.5, 0.6) is 11.5 Å². The molecule has 1 aromatic carbocycles. The molecule has 1 saturated heterocycles. The normalized spacial score (nSPS) is 16.3. The van der Waals surface area contributed by atoms with Gasteiger partial charge in [-0.2, -0.15) is 0 Å². The first-order valence-corrected chi connectivity index (χ1v) is 6.42. The minimum Gasteiger partial charge on any atom is -0.497 e. The number of carbonyl (C=O) groups excluding carboxylic acids is 1. The van der Waals surface area contributed by atoms with Crippen LogP contribution in [0.4, 0.5) is 0 Å². The highest BCUT2D eigenvalue weighted by molar-refractivity contribution is 5.97. The Kier molecular flexibility index (Phi) is 4.27. The SMILES string of the molecule is COc1ccc(C(=O)N2CCC(N)CC2)c(OC)c1. The van der Waals surface area contributed by atoms with E-state index >= 15 is 0 Å². The minimum absolute atomic E-state index is 0.00796. The quantitative estimate of drug-likeness (QED) is 0.893. The molecule has 5 nitrogen and oxygen atoms in total. The van der Waals surface area contributed by atoms with Crippen molar-refractivity contribution in [3.63, 3.8) is 0 Å². The van der Waals surface area contributed by atoms with Gasteiger partial charge in [-0.15, -0.1) is 0 Å². The van der Waals surface area contributed by atoms with E-state index in [0.29, 0.717) is 30.2 Å². The van der Waals surface area contributed by atoms with E-state index in [-0.39, 0.29) is 11.9 Å². The Morgan fingerprint density at radius 2 is 1.95 bits per heavy atom. The zero-order valence-corrected chi connectivity index (χ0v) is 11.4. The highest BCUT2D eigenvalue weighted by atomic mass is 16.5. The van der Waals surface area contributed by atoms with Crippen molar-refractivity contribution in [2.24, 2.45) is 5.73 Å². The van der Waals surface area contributed by atoms with Gasteiger partial charge in [0, 0.05) is 25.2 Å². The predicted octanol–water partition coefficient (Wildman–Crippen LogP) is 1.27. The molecule has 0 unspecified atom stereocenters. The molecule has 0 spiro atoms. The van der Waals surface area contributed by atoms with Gasteiger partial charge in [0.15, 0.2) is 0 Å². The zero-order chi connectivity index (χ0) is 13.8. The summed E-state index contributed by atoms with van der Waals surface area (Å²) in [5.41, 5.74) is 6.42. The summed E-state index contributed by atoms with van der Waals surface area (Å²) in [6, 6.07) is 5.45. The Bertz CT molecular complexity index is 454. The van der Waals surface area contributed by atoms with E-state index in [2.05, 4.69) is 0 Å². The third kappa shape index (κ3) is 2.98. The summed E-state index contributed by atoms with van der Waals surface area (Å²) in [6.45, 7) is 1.41. The van der Waals surface area contributed by atoms with E-state index in [9.17, 15) is 4.79 Å². The molecular weight excluding hydrogens is 244 g/mol. The maximum Gasteiger partial charge on any atom is 0.257 e. The van der Waals surface area contributed by atoms with Gasteiger partial charge >= 0.3 is 0 Å². The number of hydrogen-bond donors (Lipinski definition) is 1. The summed E-state index contributed by atoms with van der Waals surface area (Å²) in [7, 11) is 3.14. The number of hydrogen-bond acceptors (Lipinski definition) is 4. The molecular formula is C14H20N2O3. The van der Waals surface area contributed by atoms with E-state index < -0.39 is 0 Å². The second kappa shape index (κ2) is 5.93. The largest absolute Gasteiger partial charge is 0.497 e. The van der Waals surface area contributed by atoms with Crippen LogP contribution in [0.2, 0.25) is 0 Å². The molecule has 1 aromatic rings. The van der Waals surface area contributed by atoms with Crippen LogP contribution in [0.1, 0.15) is 23.2 Å². The van der Waals surface area contributed by atoms with E-state index in [1.54, 1.807) is 32.4 Å². The third-order valence-electron chi connectivity index (χ3n) is 3.47. The lowest BCUT2D eigenvalue weighted by molar-refractivity contribution is 0.0711. The number of benzene rings is 1. The van der Waals surface area contributed by atoms with Crippen LogP contribution in [0, 0.1) is 0 Å². The van der Waals surface area contributed by atoms with Crippen molar-refractivity contribution in [2.45, 2.75) is 18.9 Å². The van der Waals surface area contributed by atoms with Crippen LogP contribution in [0.3, 0.4) is 0 Å². The van der Waals surface area contributed by atoms with Crippen LogP contribution in [-0.4, -0.2) is 44.2 Å². The monoisotopic (exact) mass is 264 g/mol. The van der Waals surface area contributed by atoms with Gasteiger partial charge in [0.25, 0.3) is 5.91 Å². The molecule has 2 N–H and O–H groups in total. The Hall–Kier alpha value is -1.75. The molecule has 0 bridgehead atoms. The first-order valence-electron chi connectivity index (χ1n) is 6.42. The number of nitrogens with zero attached hydrogens (tertiary/aromatic N) is 1. The summed E-state index contributed by atoms with van der Waals surface area (Å²) in [5.74, 6) is 1.21. The number of nitrogens with two attached hydrogens (primary N) is 1. The van der Waals surface area contributed by atoms with Gasteiger partial charge in [-0.1, -0.05) is 0 Å². The van der Waals surface area contributed by atoms with Crippen molar-refractivity contribution in [2.75, 3.05) is 27.3 Å². The number of carbonyl (C=O) groups is 1. The Balaban J connectivity index is 2.18. The highest BCUT2D eigenvalue weighted by Gasteiger charge is 2.24. The first-order chi connectivity index (χ1) is 9.15. The maximum absolute atomic E-state index is 12.5. The summed E-state index contributed by atoms with van der Waals surface area (Å²) in [4.78, 5) is 14.3. The second-order valence-electron chi connectivity index (χ2n) is 4.70. The smallest absolute Gasteiger partial charge is 0.257 e. The van der Waals surface area contributed by atoms with Crippen molar-refractivity contribution in [3.05, 3.63) is 23.8 Å². The lowest BCUT2D eigenvalue weighted by Gasteiger charge is -2.30. The Labute approximate surface area is 113 Å². The van der Waals surface area contributed by atoms with Crippen LogP contribution in [-0.2, 0) is 0 Å². The molecule has 1 aliphatic heterocycles. The van der Waals surface area contributed by atoms with Crippen molar-refractivity contribution >= 4 is 5.91 Å². The number of methoxy groups -OCH3 is 2. The highest BCUT2D eigenvalue weighted by Crippen LogP contribution is 2.26. The second-order valence-corrected chi connectivity index (χ2v) is 4.70. The average molecular weight is 264 g/mol. The van der Waals surface area contributed by atoms with Gasteiger partial charge in [0.1, 0.15) is 11.5 Å². The number of ether oxygens (including phenoxy) is 2. The fourth-order valence-corrected chi connectivity index (χ4v) is 2.25. The molecule has 0 aliphatic carbocycles. The fraction of sp³-hybridized carbons (Fsp3) is 0.500. The van der Waals surface area contributed by atoms with Gasteiger partial charge < -0.3 is 20.1 Å². The molecule has 1 aliphatic rings. The van der Waals surface area contributed by atoms with Crippen LogP contribution >= 0.6 is 0 Å². The van der Waals surface area contributed by atoms with Crippen molar-refractivity contribution < 1.29 is 14.3 Å². The van der Waals surface area contributed by atoms with Crippen molar-refractivity contribution in [1.29, 1.82) is 0 Å². The maximum atomic E-state index is 12.5. The number of piperidine rings is 1. The molecule has 1 fully saturated rings. The molecule has 104 valence electrons. The van der Waals surface area contributed by atoms with E-state index in [1.807, 2.05) is 4.90 Å². The topological polar surface area (TPSA) is 64.8 Å². The number of rotatable bonds is 3. The molecule has 0 atom stereocenters. The summed E-state index contributed by atoms with van der Waals surface area (Å²) in [5, 5.41) is 0.